The van der Waals surface area contributed by atoms with Crippen LogP contribution in [0.15, 0.2) is 212 Å². The molecule has 1 heteroatoms. The zero-order valence-electron chi connectivity index (χ0n) is 47.3. The van der Waals surface area contributed by atoms with Gasteiger partial charge in [0.15, 0.2) is 0 Å². The van der Waals surface area contributed by atoms with Crippen LogP contribution in [0.2, 0.25) is 0 Å². The van der Waals surface area contributed by atoms with Crippen LogP contribution in [0.3, 0.4) is 0 Å². The van der Waals surface area contributed by atoms with Crippen molar-refractivity contribution in [2.45, 2.75) is 19.3 Å². The van der Waals surface area contributed by atoms with Crippen molar-refractivity contribution in [1.29, 1.82) is 0 Å². The molecule has 0 aromatic heterocycles. The third kappa shape index (κ3) is 5.81. The molecule has 56 heavy (non-hydrogen) atoms. The molecule has 9 aromatic rings. The van der Waals surface area contributed by atoms with Crippen LogP contribution in [-0.2, 0) is 5.41 Å². The largest absolute Gasteiger partial charge is 0.310 e. The summed E-state index contributed by atoms with van der Waals surface area (Å²) in [6.07, 6.45) is 0. The number of nitrogens with zero attached hydrogens (tertiary/aromatic N) is 1. The molecule has 0 amide bonds. The molecular weight excluding hydrogens is 675 g/mol. The summed E-state index contributed by atoms with van der Waals surface area (Å²) in [5.41, 5.74) is 1.73. The van der Waals surface area contributed by atoms with Crippen LogP contribution in [-0.4, -0.2) is 0 Å². The summed E-state index contributed by atoms with van der Waals surface area (Å²) in [5, 5.41) is 1.82. The summed E-state index contributed by atoms with van der Waals surface area (Å²) in [6, 6.07) is 21.2. The zero-order chi connectivity index (χ0) is 52.4. The highest BCUT2D eigenvalue weighted by Crippen LogP contribution is 2.52. The minimum absolute atomic E-state index is 0.0197. The van der Waals surface area contributed by atoms with E-state index in [1.54, 1.807) is 24.3 Å². The third-order valence-corrected chi connectivity index (χ3v) is 10.4. The highest BCUT2D eigenvalue weighted by Gasteiger charge is 2.37. The standard InChI is InChI=1S/C55H41N/c1-55(2)53-24-9-8-20-51(53)52-23-12-22-50(54(52)55)43-31-35-46(36-32-43)56(47-18-10-17-44(37-47)49-21-11-16-42-15-6-7-19-48(42)49)45-33-29-41(30-34-45)40-27-25-39(26-28-40)38-13-4-3-5-14-38/h3-37H,1-2H3/i3D,4D,5D,13D,14D,25D,26D,27D,28D,29D,30D,31D,32D,33D,34D,35D,36D. The maximum atomic E-state index is 9.79. The first-order valence-corrected chi connectivity index (χ1v) is 18.1. The molecule has 266 valence electrons. The fraction of sp³-hybridized carbons (Fsp3) is 0.0545. The first-order chi connectivity index (χ1) is 34.6. The van der Waals surface area contributed by atoms with Gasteiger partial charge in [0.05, 0.1) is 23.3 Å². The van der Waals surface area contributed by atoms with Crippen LogP contribution < -0.4 is 4.90 Å². The van der Waals surface area contributed by atoms with Crippen LogP contribution in [0.25, 0.3) is 66.4 Å². The Morgan fingerprint density at radius 3 is 1.64 bits per heavy atom. The van der Waals surface area contributed by atoms with E-state index in [9.17, 15) is 11.0 Å². The molecule has 0 atom stereocenters. The first-order valence-electron chi connectivity index (χ1n) is 26.6. The van der Waals surface area contributed by atoms with Gasteiger partial charge in [-0.1, -0.05) is 189 Å². The van der Waals surface area contributed by atoms with Gasteiger partial charge in [0.1, 0.15) is 0 Å². The Morgan fingerprint density at radius 1 is 0.393 bits per heavy atom. The van der Waals surface area contributed by atoms with Gasteiger partial charge < -0.3 is 4.90 Å². The van der Waals surface area contributed by atoms with Crippen LogP contribution in [0.4, 0.5) is 17.1 Å². The van der Waals surface area contributed by atoms with Crippen molar-refractivity contribution in [1.82, 2.24) is 0 Å². The summed E-state index contributed by atoms with van der Waals surface area (Å²) in [6.45, 7) is 4.08. The number of fused-ring (bicyclic) bond motifs is 4. The van der Waals surface area contributed by atoms with E-state index in [2.05, 4.69) is 0 Å². The molecular formula is C55H41N. The van der Waals surface area contributed by atoms with Crippen molar-refractivity contribution in [2.24, 2.45) is 0 Å². The molecule has 0 unspecified atom stereocenters. The molecule has 0 spiro atoms. The lowest BCUT2D eigenvalue weighted by Gasteiger charge is -2.27. The lowest BCUT2D eigenvalue weighted by atomic mass is 9.79. The summed E-state index contributed by atoms with van der Waals surface area (Å²) in [4.78, 5) is 1.16. The fourth-order valence-electron chi connectivity index (χ4n) is 7.75. The van der Waals surface area contributed by atoms with Gasteiger partial charge in [0.2, 0.25) is 0 Å². The van der Waals surface area contributed by atoms with Crippen LogP contribution in [0.5, 0.6) is 0 Å². The van der Waals surface area contributed by atoms with Crippen molar-refractivity contribution >= 4 is 27.8 Å². The summed E-state index contributed by atoms with van der Waals surface area (Å²) >= 11 is 0. The van der Waals surface area contributed by atoms with E-state index in [0.717, 1.165) is 43.5 Å². The predicted molar refractivity (Wildman–Crippen MR) is 238 cm³/mol. The average Bonchev–Trinajstić information content (AvgIpc) is 3.63. The Kier molecular flexibility index (Phi) is 4.92. The predicted octanol–water partition coefficient (Wildman–Crippen LogP) is 15.3. The van der Waals surface area contributed by atoms with E-state index in [-0.39, 0.29) is 11.3 Å². The molecule has 0 heterocycles. The zero-order valence-corrected chi connectivity index (χ0v) is 30.3. The molecule has 0 radical (unpaired) electrons. The SMILES string of the molecule is [2H]c1c([2H])c([2H])c(-c2c([2H])c([2H])c(-c3c([2H])c([2H])c(N(c4cccc(-c5cccc6ccccc56)c4)c4c([2H])c([2H])c(-c5cccc6c5C(C)(C)c5ccccc5-6)c([2H])c4[2H])c([2H])c3[2H])c([2H])c2[2H])c([2H])c1[2H]. The van der Waals surface area contributed by atoms with Gasteiger partial charge in [-0.15, -0.1) is 0 Å². The smallest absolute Gasteiger partial charge is 0.0645 e. The van der Waals surface area contributed by atoms with Crippen LogP contribution in [0.1, 0.15) is 48.3 Å². The molecule has 9 aromatic carbocycles. The van der Waals surface area contributed by atoms with E-state index < -0.39 is 142 Å². The highest BCUT2D eigenvalue weighted by molar-refractivity contribution is 5.97. The highest BCUT2D eigenvalue weighted by atomic mass is 15.1. The summed E-state index contributed by atoms with van der Waals surface area (Å²) in [7, 11) is 0. The average molecular weight is 733 g/mol. The van der Waals surface area contributed by atoms with Crippen molar-refractivity contribution in [3.05, 3.63) is 223 Å². The molecule has 0 bridgehead atoms. The van der Waals surface area contributed by atoms with Gasteiger partial charge in [-0.3, -0.25) is 0 Å². The Balaban J connectivity index is 1.23. The number of rotatable bonds is 7. The molecule has 10 rings (SSSR count). The van der Waals surface area contributed by atoms with E-state index in [0.29, 0.717) is 11.1 Å². The Labute approximate surface area is 353 Å². The van der Waals surface area contributed by atoms with Gasteiger partial charge in [0, 0.05) is 22.5 Å². The second kappa shape index (κ2) is 13.7. The van der Waals surface area contributed by atoms with Crippen molar-refractivity contribution in [3.8, 4) is 55.6 Å². The number of anilines is 3. The first kappa shape index (κ1) is 20.1. The summed E-state index contributed by atoms with van der Waals surface area (Å²) in [5.74, 6) is 0. The van der Waals surface area contributed by atoms with Gasteiger partial charge >= 0.3 is 0 Å². The quantitative estimate of drug-likeness (QED) is 0.158. The fourth-order valence-corrected chi connectivity index (χ4v) is 7.75. The maximum Gasteiger partial charge on any atom is 0.0645 e. The molecule has 1 aliphatic rings. The number of benzene rings is 9. The molecule has 1 aliphatic carbocycles. The van der Waals surface area contributed by atoms with E-state index in [1.807, 2.05) is 98.8 Å². The normalized spacial score (nSPS) is 16.9. The molecule has 0 saturated carbocycles. The molecule has 1 nitrogen and oxygen atoms in total. The minimum Gasteiger partial charge on any atom is -0.310 e. The summed E-state index contributed by atoms with van der Waals surface area (Å²) < 4.78 is 155. The Bertz CT molecular complexity index is 3760. The van der Waals surface area contributed by atoms with Gasteiger partial charge in [-0.25, -0.2) is 0 Å². The van der Waals surface area contributed by atoms with Crippen molar-refractivity contribution in [3.63, 3.8) is 0 Å². The van der Waals surface area contributed by atoms with Crippen LogP contribution >= 0.6 is 0 Å². The van der Waals surface area contributed by atoms with Gasteiger partial charge in [0.25, 0.3) is 0 Å². The van der Waals surface area contributed by atoms with Crippen LogP contribution in [0, 0.1) is 0 Å². The number of hydrogen-bond donors (Lipinski definition) is 0. The Morgan fingerprint density at radius 2 is 0.911 bits per heavy atom. The monoisotopic (exact) mass is 732 g/mol. The Hall–Kier alpha value is -6.96. The second-order valence-electron chi connectivity index (χ2n) is 14.0. The topological polar surface area (TPSA) is 3.24 Å². The van der Waals surface area contributed by atoms with Gasteiger partial charge in [-0.2, -0.15) is 0 Å². The maximum absolute atomic E-state index is 9.79. The molecule has 0 N–H and O–H groups in total. The lowest BCUT2D eigenvalue weighted by Crippen LogP contribution is -2.16. The second-order valence-corrected chi connectivity index (χ2v) is 14.0. The molecule has 0 saturated heterocycles. The van der Waals surface area contributed by atoms with Gasteiger partial charge in [-0.05, 0) is 114 Å². The number of hydrogen-bond acceptors (Lipinski definition) is 1. The third-order valence-electron chi connectivity index (χ3n) is 10.4. The van der Waals surface area contributed by atoms with E-state index in [4.69, 9.17) is 12.3 Å². The van der Waals surface area contributed by atoms with E-state index in [1.165, 1.54) is 0 Å². The lowest BCUT2D eigenvalue weighted by molar-refractivity contribution is 0.662. The van der Waals surface area contributed by atoms with Crippen molar-refractivity contribution in [2.75, 3.05) is 4.90 Å². The molecule has 0 fully saturated rings. The van der Waals surface area contributed by atoms with Crippen molar-refractivity contribution < 1.29 is 23.3 Å². The minimum atomic E-state index is -0.871. The van der Waals surface area contributed by atoms with E-state index >= 15 is 0 Å². The molecule has 0 aliphatic heterocycles.